The summed E-state index contributed by atoms with van der Waals surface area (Å²) in [6, 6.07) is 8.77. The van der Waals surface area contributed by atoms with Gasteiger partial charge < -0.3 is 14.4 Å². The minimum Gasteiger partial charge on any atom is -0.490 e. The summed E-state index contributed by atoms with van der Waals surface area (Å²) in [5, 5.41) is 11.4. The van der Waals surface area contributed by atoms with Crippen molar-refractivity contribution >= 4 is 11.4 Å². The summed E-state index contributed by atoms with van der Waals surface area (Å²) >= 11 is 0. The van der Waals surface area contributed by atoms with Crippen molar-refractivity contribution in [2.24, 2.45) is 0 Å². The topological polar surface area (TPSA) is 77.7 Å². The number of para-hydroxylation sites is 1. The maximum Gasteiger partial charge on any atom is 0.333 e. The third kappa shape index (κ3) is 3.18. The number of anilines is 1. The summed E-state index contributed by atoms with van der Waals surface area (Å²) in [4.78, 5) is 17.0. The molecule has 0 radical (unpaired) electrons. The molecule has 0 saturated carbocycles. The Morgan fingerprint density at radius 1 is 1.35 bits per heavy atom. The number of nitro benzene ring substituents is 1. The maximum absolute atomic E-state index is 11.4. The van der Waals surface area contributed by atoms with E-state index in [4.69, 9.17) is 9.47 Å². The van der Waals surface area contributed by atoms with E-state index < -0.39 is 4.92 Å². The first-order valence-electron chi connectivity index (χ1n) is 7.32. The Hall–Kier alpha value is -2.83. The van der Waals surface area contributed by atoms with Crippen molar-refractivity contribution in [2.75, 3.05) is 25.1 Å². The summed E-state index contributed by atoms with van der Waals surface area (Å²) in [5.41, 5.74) is 0.559. The van der Waals surface area contributed by atoms with Crippen LogP contribution in [0.25, 0.3) is 0 Å². The molecule has 0 spiro atoms. The van der Waals surface area contributed by atoms with E-state index in [1.807, 2.05) is 17.0 Å². The van der Waals surface area contributed by atoms with Gasteiger partial charge in [-0.05, 0) is 24.3 Å². The van der Waals surface area contributed by atoms with Gasteiger partial charge in [-0.25, -0.2) is 0 Å². The number of hydrogen-bond donors (Lipinski definition) is 0. The van der Waals surface area contributed by atoms with Crippen LogP contribution < -0.4 is 14.4 Å². The molecule has 0 aliphatic carbocycles. The second kappa shape index (κ2) is 6.51. The van der Waals surface area contributed by atoms with E-state index in [1.165, 1.54) is 7.11 Å². The number of methoxy groups -OCH3 is 1. The Morgan fingerprint density at radius 2 is 2.22 bits per heavy atom. The highest BCUT2D eigenvalue weighted by Crippen LogP contribution is 2.38. The van der Waals surface area contributed by atoms with Gasteiger partial charge in [0.1, 0.15) is 17.5 Å². The third-order valence-electron chi connectivity index (χ3n) is 3.80. The first-order chi connectivity index (χ1) is 11.2. The molecule has 0 bridgehead atoms. The highest BCUT2D eigenvalue weighted by Gasteiger charge is 2.31. The lowest BCUT2D eigenvalue weighted by Gasteiger charge is -2.19. The Morgan fingerprint density at radius 3 is 2.91 bits per heavy atom. The van der Waals surface area contributed by atoms with E-state index in [2.05, 4.69) is 4.98 Å². The largest absolute Gasteiger partial charge is 0.490 e. The molecule has 2 heterocycles. The lowest BCUT2D eigenvalue weighted by atomic mass is 10.2. The van der Waals surface area contributed by atoms with Crippen LogP contribution in [0.15, 0.2) is 42.7 Å². The van der Waals surface area contributed by atoms with Gasteiger partial charge in [0.15, 0.2) is 5.75 Å². The van der Waals surface area contributed by atoms with Gasteiger partial charge in [0.2, 0.25) is 0 Å². The van der Waals surface area contributed by atoms with Crippen LogP contribution in [0.5, 0.6) is 11.5 Å². The van der Waals surface area contributed by atoms with Gasteiger partial charge in [0.25, 0.3) is 0 Å². The van der Waals surface area contributed by atoms with Gasteiger partial charge in [-0.2, -0.15) is 0 Å². The molecule has 7 heteroatoms. The summed E-state index contributed by atoms with van der Waals surface area (Å²) in [5.74, 6) is 0.976. The molecule has 1 aromatic carbocycles. The number of hydrogen-bond acceptors (Lipinski definition) is 6. The van der Waals surface area contributed by atoms with Gasteiger partial charge >= 0.3 is 5.69 Å². The average Bonchev–Trinajstić information content (AvgIpc) is 3.03. The van der Waals surface area contributed by atoms with Crippen LogP contribution in [0.4, 0.5) is 11.4 Å². The van der Waals surface area contributed by atoms with Gasteiger partial charge in [-0.15, -0.1) is 0 Å². The Kier molecular flexibility index (Phi) is 4.27. The monoisotopic (exact) mass is 315 g/mol. The minimum absolute atomic E-state index is 0.00275. The number of ether oxygens (including phenoxy) is 2. The molecule has 1 fully saturated rings. The Bertz CT molecular complexity index is 693. The number of aromatic nitrogens is 1. The van der Waals surface area contributed by atoms with Crippen LogP contribution >= 0.6 is 0 Å². The smallest absolute Gasteiger partial charge is 0.333 e. The summed E-state index contributed by atoms with van der Waals surface area (Å²) in [7, 11) is 1.43. The van der Waals surface area contributed by atoms with Crippen molar-refractivity contribution in [3.63, 3.8) is 0 Å². The molecular formula is C16H17N3O4. The van der Waals surface area contributed by atoms with Crippen molar-refractivity contribution in [1.82, 2.24) is 4.98 Å². The fraction of sp³-hybridized carbons (Fsp3) is 0.312. The molecule has 1 aromatic heterocycles. The zero-order valence-electron chi connectivity index (χ0n) is 12.7. The summed E-state index contributed by atoms with van der Waals surface area (Å²) in [6.07, 6.45) is 4.12. The van der Waals surface area contributed by atoms with Crippen LogP contribution in [0.2, 0.25) is 0 Å². The van der Waals surface area contributed by atoms with Crippen LogP contribution in [0, 0.1) is 10.1 Å². The predicted molar refractivity (Wildman–Crippen MR) is 85.1 cm³/mol. The quantitative estimate of drug-likeness (QED) is 0.623. The standard InChI is InChI=1S/C16H17N3O4/c1-22-15-6-2-5-14(16(15)19(20)21)18-9-7-13(11-18)23-12-4-3-8-17-10-12/h2-6,8,10,13H,7,9,11H2,1H3. The molecular weight excluding hydrogens is 298 g/mol. The number of benzene rings is 1. The molecule has 1 atom stereocenters. The maximum atomic E-state index is 11.4. The van der Waals surface area contributed by atoms with Crippen molar-refractivity contribution in [2.45, 2.75) is 12.5 Å². The highest BCUT2D eigenvalue weighted by atomic mass is 16.6. The van der Waals surface area contributed by atoms with Crippen LogP contribution in [0.1, 0.15) is 6.42 Å². The molecule has 7 nitrogen and oxygen atoms in total. The van der Waals surface area contributed by atoms with E-state index in [0.717, 1.165) is 6.42 Å². The van der Waals surface area contributed by atoms with Crippen LogP contribution in [0.3, 0.4) is 0 Å². The predicted octanol–water partition coefficient (Wildman–Crippen LogP) is 2.66. The zero-order valence-corrected chi connectivity index (χ0v) is 12.7. The van der Waals surface area contributed by atoms with E-state index >= 15 is 0 Å². The van der Waals surface area contributed by atoms with E-state index in [0.29, 0.717) is 24.5 Å². The van der Waals surface area contributed by atoms with E-state index in [-0.39, 0.29) is 17.5 Å². The second-order valence-electron chi connectivity index (χ2n) is 5.25. The van der Waals surface area contributed by atoms with Crippen molar-refractivity contribution in [3.05, 3.63) is 52.8 Å². The Balaban J connectivity index is 1.78. The van der Waals surface area contributed by atoms with Crippen molar-refractivity contribution in [3.8, 4) is 11.5 Å². The van der Waals surface area contributed by atoms with Gasteiger partial charge in [0.05, 0.1) is 24.8 Å². The molecule has 120 valence electrons. The lowest BCUT2D eigenvalue weighted by Crippen LogP contribution is -2.25. The zero-order chi connectivity index (χ0) is 16.2. The number of nitro groups is 1. The molecule has 23 heavy (non-hydrogen) atoms. The van der Waals surface area contributed by atoms with E-state index in [9.17, 15) is 10.1 Å². The average molecular weight is 315 g/mol. The van der Waals surface area contributed by atoms with Crippen LogP contribution in [-0.2, 0) is 0 Å². The fourth-order valence-corrected chi connectivity index (χ4v) is 2.77. The molecule has 1 aliphatic rings. The second-order valence-corrected chi connectivity index (χ2v) is 5.25. The first kappa shape index (κ1) is 15.1. The van der Waals surface area contributed by atoms with Crippen molar-refractivity contribution in [1.29, 1.82) is 0 Å². The summed E-state index contributed by atoms with van der Waals surface area (Å²) < 4.78 is 11.0. The number of nitrogens with zero attached hydrogens (tertiary/aromatic N) is 3. The normalized spacial score (nSPS) is 17.1. The SMILES string of the molecule is COc1cccc(N2CCC(Oc3cccnc3)C2)c1[N+](=O)[O-]. The van der Waals surface area contributed by atoms with Gasteiger partial charge in [0, 0.05) is 19.2 Å². The molecule has 1 saturated heterocycles. The number of rotatable bonds is 5. The molecule has 1 unspecified atom stereocenters. The minimum atomic E-state index is -0.399. The Labute approximate surface area is 133 Å². The van der Waals surface area contributed by atoms with Crippen molar-refractivity contribution < 1.29 is 14.4 Å². The van der Waals surface area contributed by atoms with Crippen LogP contribution in [-0.4, -0.2) is 36.2 Å². The lowest BCUT2D eigenvalue weighted by molar-refractivity contribution is -0.385. The fourth-order valence-electron chi connectivity index (χ4n) is 2.77. The number of pyridine rings is 1. The molecule has 2 aromatic rings. The summed E-state index contributed by atoms with van der Waals surface area (Å²) in [6.45, 7) is 1.28. The third-order valence-corrected chi connectivity index (χ3v) is 3.80. The van der Waals surface area contributed by atoms with E-state index in [1.54, 1.807) is 30.6 Å². The molecule has 0 N–H and O–H groups in total. The highest BCUT2D eigenvalue weighted by molar-refractivity contribution is 5.70. The van der Waals surface area contributed by atoms with Gasteiger partial charge in [-0.1, -0.05) is 6.07 Å². The van der Waals surface area contributed by atoms with Gasteiger partial charge in [-0.3, -0.25) is 15.1 Å². The molecule has 0 amide bonds. The molecule has 3 rings (SSSR count). The molecule has 1 aliphatic heterocycles. The first-order valence-corrected chi connectivity index (χ1v) is 7.32.